The zero-order valence-electron chi connectivity index (χ0n) is 38.5. The van der Waals surface area contributed by atoms with Crippen LogP contribution in [0.15, 0.2) is 239 Å². The maximum Gasteiger partial charge on any atom is 0.495 e. The minimum atomic E-state index is -0.415. The van der Waals surface area contributed by atoms with Crippen LogP contribution in [0.2, 0.25) is 0 Å². The lowest BCUT2D eigenvalue weighted by Crippen LogP contribution is -2.41. The molecule has 0 N–H and O–H groups in total. The molecule has 2 nitrogen and oxygen atoms in total. The molecule has 0 spiro atoms. The zero-order valence-corrected chi connectivity index (χ0v) is 43.8. The van der Waals surface area contributed by atoms with Gasteiger partial charge in [0.2, 0.25) is 0 Å². The van der Waals surface area contributed by atoms with Crippen molar-refractivity contribution in [1.82, 2.24) is 0 Å². The molecule has 334 valence electrons. The summed E-state index contributed by atoms with van der Waals surface area (Å²) < 4.78 is 16.4. The molecule has 0 amide bonds. The highest BCUT2D eigenvalue weighted by atomic mass is 127. The number of fused-ring (bicyclic) bond motifs is 2. The van der Waals surface area contributed by atoms with Crippen LogP contribution in [0.3, 0.4) is 0 Å². The first-order chi connectivity index (χ1) is 33.0. The molecule has 1 fully saturated rings. The molecular formula is C62H50BBr2IO2. The fraction of sp³-hybridized carbons (Fsp3) is 0.0968. The third kappa shape index (κ3) is 10.4. The van der Waals surface area contributed by atoms with Crippen molar-refractivity contribution >= 4 is 88.6 Å². The van der Waals surface area contributed by atoms with Gasteiger partial charge in [-0.25, -0.2) is 0 Å². The van der Waals surface area contributed by atoms with Gasteiger partial charge < -0.3 is 9.31 Å². The Hall–Kier alpha value is -5.61. The summed E-state index contributed by atoms with van der Waals surface area (Å²) in [4.78, 5) is 0. The van der Waals surface area contributed by atoms with Gasteiger partial charge in [-0.3, -0.25) is 0 Å². The molecule has 11 rings (SSSR count). The smallest absolute Gasteiger partial charge is 0.399 e. The van der Waals surface area contributed by atoms with Crippen LogP contribution in [0.4, 0.5) is 0 Å². The third-order valence-corrected chi connectivity index (χ3v) is 14.7. The quantitative estimate of drug-likeness (QED) is 0.122. The van der Waals surface area contributed by atoms with Gasteiger partial charge >= 0.3 is 7.12 Å². The molecule has 68 heavy (non-hydrogen) atoms. The van der Waals surface area contributed by atoms with E-state index in [9.17, 15) is 0 Å². The minimum Gasteiger partial charge on any atom is -0.399 e. The van der Waals surface area contributed by atoms with Gasteiger partial charge in [0.15, 0.2) is 0 Å². The molecule has 1 aliphatic rings. The molecule has 0 saturated carbocycles. The van der Waals surface area contributed by atoms with Gasteiger partial charge in [0.05, 0.1) is 11.2 Å². The highest BCUT2D eigenvalue weighted by molar-refractivity contribution is 14.1. The number of halogens is 3. The molecule has 6 heteroatoms. The number of rotatable bonds is 6. The Kier molecular flexibility index (Phi) is 14.6. The zero-order chi connectivity index (χ0) is 47.3. The number of benzene rings is 10. The lowest BCUT2D eigenvalue weighted by atomic mass is 9.73. The Morgan fingerprint density at radius 3 is 1.13 bits per heavy atom. The Balaban J connectivity index is 0.000000146. The topological polar surface area (TPSA) is 18.5 Å². The fourth-order valence-corrected chi connectivity index (χ4v) is 9.65. The summed E-state index contributed by atoms with van der Waals surface area (Å²) >= 11 is 9.18. The maximum atomic E-state index is 6.47. The molecule has 1 aliphatic heterocycles. The molecule has 0 radical (unpaired) electrons. The summed E-state index contributed by atoms with van der Waals surface area (Å²) in [6.45, 7) is 8.41. The molecule has 0 unspecified atom stereocenters. The van der Waals surface area contributed by atoms with Gasteiger partial charge in [0, 0.05) is 12.5 Å². The first kappa shape index (κ1) is 47.5. The predicted octanol–water partition coefficient (Wildman–Crippen LogP) is 18.1. The Morgan fingerprint density at radius 1 is 0.353 bits per heavy atom. The average molecular weight is 1120 g/mol. The first-order valence-electron chi connectivity index (χ1n) is 22.8. The number of hydrogen-bond donors (Lipinski definition) is 0. The van der Waals surface area contributed by atoms with Crippen LogP contribution in [0.1, 0.15) is 27.7 Å². The SMILES string of the molecule is Brc1ccc(-c2cc(-c3ccccc3)c(-c3ccccc3)c3ccccc23)cc1.Brc1ccc(I)cc1.CC1(C)OB(c2cc(-c3ccccc3)c(-c3ccccc3)c3ccccc23)OC1(C)C. The van der Waals surface area contributed by atoms with E-state index in [2.05, 4.69) is 301 Å². The second kappa shape index (κ2) is 20.9. The second-order valence-electron chi connectivity index (χ2n) is 17.8. The van der Waals surface area contributed by atoms with Gasteiger partial charge in [0.1, 0.15) is 0 Å². The summed E-state index contributed by atoms with van der Waals surface area (Å²) in [6.07, 6.45) is 0. The van der Waals surface area contributed by atoms with E-state index in [4.69, 9.17) is 9.31 Å². The Morgan fingerprint density at radius 2 is 0.691 bits per heavy atom. The molecule has 1 heterocycles. The second-order valence-corrected chi connectivity index (χ2v) is 20.9. The van der Waals surface area contributed by atoms with Crippen LogP contribution in [-0.4, -0.2) is 18.3 Å². The van der Waals surface area contributed by atoms with Gasteiger partial charge in [-0.1, -0.05) is 220 Å². The minimum absolute atomic E-state index is 0.385. The third-order valence-electron chi connectivity index (χ3n) is 12.9. The van der Waals surface area contributed by atoms with Gasteiger partial charge in [0.25, 0.3) is 0 Å². The molecule has 0 aliphatic carbocycles. The van der Waals surface area contributed by atoms with E-state index in [1.54, 1.807) is 0 Å². The van der Waals surface area contributed by atoms with E-state index in [1.807, 2.05) is 12.1 Å². The van der Waals surface area contributed by atoms with Crippen LogP contribution in [0.5, 0.6) is 0 Å². The predicted molar refractivity (Wildman–Crippen MR) is 305 cm³/mol. The van der Waals surface area contributed by atoms with E-state index in [1.165, 1.54) is 80.7 Å². The molecule has 10 aromatic rings. The largest absolute Gasteiger partial charge is 0.495 e. The molecule has 1 saturated heterocycles. The standard InChI is InChI=1S/C28H27BO2.C28H19Br.C6H4BrI/c1-27(2)28(3,4)31-29(30-27)25-19-24(20-13-7-5-8-14-20)26(21-15-9-6-10-16-21)23-18-12-11-17-22(23)25;29-23-17-15-21(16-18-23)26-19-27(20-9-3-1-4-10-20)28(22-11-5-2-6-12-22)25-14-8-7-13-24(25)26;7-5-1-3-6(8)4-2-5/h5-19H,1-4H3;1-19H;1-4H. The Bertz CT molecular complexity index is 3250. The van der Waals surface area contributed by atoms with Crippen molar-refractivity contribution in [2.24, 2.45) is 0 Å². The summed E-state index contributed by atoms with van der Waals surface area (Å²) in [6, 6.07) is 81.3. The van der Waals surface area contributed by atoms with Gasteiger partial charge in [-0.05, 0) is 175 Å². The molecule has 0 aromatic heterocycles. The normalized spacial score (nSPS) is 13.6. The van der Waals surface area contributed by atoms with Gasteiger partial charge in [-0.15, -0.1) is 0 Å². The molecule has 0 bridgehead atoms. The molecule has 0 atom stereocenters. The fourth-order valence-electron chi connectivity index (χ4n) is 8.76. The lowest BCUT2D eigenvalue weighted by molar-refractivity contribution is 0.00578. The van der Waals surface area contributed by atoms with Crippen LogP contribution in [0, 0.1) is 3.57 Å². The summed E-state index contributed by atoms with van der Waals surface area (Å²) in [5.41, 5.74) is 12.6. The van der Waals surface area contributed by atoms with E-state index in [-0.39, 0.29) is 11.2 Å². The van der Waals surface area contributed by atoms with Crippen LogP contribution < -0.4 is 5.46 Å². The van der Waals surface area contributed by atoms with Gasteiger partial charge in [-0.2, -0.15) is 0 Å². The van der Waals surface area contributed by atoms with Crippen molar-refractivity contribution in [2.75, 3.05) is 0 Å². The summed E-state index contributed by atoms with van der Waals surface area (Å²) in [5.74, 6) is 0. The summed E-state index contributed by atoms with van der Waals surface area (Å²) in [5, 5.41) is 4.92. The lowest BCUT2D eigenvalue weighted by Gasteiger charge is -2.32. The van der Waals surface area contributed by atoms with Crippen molar-refractivity contribution < 1.29 is 9.31 Å². The summed E-state index contributed by atoms with van der Waals surface area (Å²) in [7, 11) is -0.415. The van der Waals surface area contributed by atoms with Crippen molar-refractivity contribution in [3.63, 3.8) is 0 Å². The van der Waals surface area contributed by atoms with Crippen LogP contribution >= 0.6 is 54.5 Å². The van der Waals surface area contributed by atoms with E-state index in [0.29, 0.717) is 0 Å². The van der Waals surface area contributed by atoms with Crippen molar-refractivity contribution in [3.05, 3.63) is 243 Å². The monoisotopic (exact) mass is 1120 g/mol. The van der Waals surface area contributed by atoms with E-state index < -0.39 is 7.12 Å². The molecule has 10 aromatic carbocycles. The van der Waals surface area contributed by atoms with E-state index in [0.717, 1.165) is 14.4 Å². The molecular weight excluding hydrogens is 1070 g/mol. The van der Waals surface area contributed by atoms with Crippen molar-refractivity contribution in [3.8, 4) is 55.6 Å². The van der Waals surface area contributed by atoms with Crippen molar-refractivity contribution in [1.29, 1.82) is 0 Å². The number of hydrogen-bond acceptors (Lipinski definition) is 2. The van der Waals surface area contributed by atoms with E-state index >= 15 is 0 Å². The average Bonchev–Trinajstić information content (AvgIpc) is 3.60. The highest BCUT2D eigenvalue weighted by Crippen LogP contribution is 2.44. The Labute approximate surface area is 432 Å². The first-order valence-corrected chi connectivity index (χ1v) is 25.5. The van der Waals surface area contributed by atoms with Crippen LogP contribution in [-0.2, 0) is 9.31 Å². The maximum absolute atomic E-state index is 6.47. The van der Waals surface area contributed by atoms with Crippen molar-refractivity contribution in [2.45, 2.75) is 38.9 Å². The highest BCUT2D eigenvalue weighted by Gasteiger charge is 2.52. The van der Waals surface area contributed by atoms with Crippen LogP contribution in [0.25, 0.3) is 77.2 Å².